The third-order valence-corrected chi connectivity index (χ3v) is 4.38. The first-order chi connectivity index (χ1) is 10.0. The van der Waals surface area contributed by atoms with Crippen molar-refractivity contribution < 1.29 is 0 Å². The zero-order valence-corrected chi connectivity index (χ0v) is 14.4. The lowest BCUT2D eigenvalue weighted by atomic mass is 9.92. The van der Waals surface area contributed by atoms with E-state index in [4.69, 9.17) is 5.73 Å². The molecular formula is C16H23BrN4. The van der Waals surface area contributed by atoms with Gasteiger partial charge in [0.1, 0.15) is 0 Å². The van der Waals surface area contributed by atoms with Gasteiger partial charge >= 0.3 is 0 Å². The molecule has 4 nitrogen and oxygen atoms in total. The molecule has 0 aliphatic carbocycles. The van der Waals surface area contributed by atoms with Gasteiger partial charge in [-0.2, -0.15) is 5.10 Å². The first-order valence-corrected chi connectivity index (χ1v) is 7.96. The molecule has 1 aromatic heterocycles. The van der Waals surface area contributed by atoms with Crippen molar-refractivity contribution in [2.24, 2.45) is 5.73 Å². The van der Waals surface area contributed by atoms with E-state index in [1.165, 1.54) is 5.56 Å². The van der Waals surface area contributed by atoms with Crippen molar-refractivity contribution in [3.63, 3.8) is 0 Å². The Kier molecular flexibility index (Phi) is 5.56. The van der Waals surface area contributed by atoms with Gasteiger partial charge in [0.2, 0.25) is 0 Å². The highest BCUT2D eigenvalue weighted by Crippen LogP contribution is 2.32. The number of likely N-dealkylation sites (N-methyl/N-ethyl adjacent to an activating group) is 1. The van der Waals surface area contributed by atoms with E-state index in [1.54, 1.807) is 0 Å². The SMILES string of the molecule is CC(c1ccccc1)C(N)c1c(Br)cnn1CCN(C)C. The summed E-state index contributed by atoms with van der Waals surface area (Å²) < 4.78 is 2.99. The first-order valence-electron chi connectivity index (χ1n) is 7.17. The van der Waals surface area contributed by atoms with Crippen molar-refractivity contribution in [3.8, 4) is 0 Å². The van der Waals surface area contributed by atoms with Crippen LogP contribution in [-0.2, 0) is 6.54 Å². The van der Waals surface area contributed by atoms with Gasteiger partial charge in [0, 0.05) is 12.5 Å². The summed E-state index contributed by atoms with van der Waals surface area (Å²) in [6.07, 6.45) is 1.84. The molecule has 0 saturated heterocycles. The maximum Gasteiger partial charge on any atom is 0.0700 e. The Morgan fingerprint density at radius 3 is 2.57 bits per heavy atom. The van der Waals surface area contributed by atoms with Gasteiger partial charge in [0.15, 0.2) is 0 Å². The zero-order chi connectivity index (χ0) is 15.4. The second-order valence-electron chi connectivity index (χ2n) is 5.63. The van der Waals surface area contributed by atoms with Crippen LogP contribution in [0.15, 0.2) is 41.0 Å². The maximum atomic E-state index is 6.52. The summed E-state index contributed by atoms with van der Waals surface area (Å²) in [6.45, 7) is 3.94. The van der Waals surface area contributed by atoms with Crippen molar-refractivity contribution >= 4 is 15.9 Å². The monoisotopic (exact) mass is 350 g/mol. The van der Waals surface area contributed by atoms with Crippen LogP contribution < -0.4 is 5.73 Å². The van der Waals surface area contributed by atoms with Gasteiger partial charge in [0.25, 0.3) is 0 Å². The third kappa shape index (κ3) is 3.93. The minimum atomic E-state index is -0.0913. The van der Waals surface area contributed by atoms with E-state index in [9.17, 15) is 0 Å². The van der Waals surface area contributed by atoms with Gasteiger partial charge in [-0.15, -0.1) is 0 Å². The molecule has 2 N–H and O–H groups in total. The Bertz CT molecular complexity index is 565. The molecular weight excluding hydrogens is 328 g/mol. The zero-order valence-electron chi connectivity index (χ0n) is 12.8. The van der Waals surface area contributed by atoms with E-state index in [2.05, 4.69) is 71.2 Å². The summed E-state index contributed by atoms with van der Waals surface area (Å²) >= 11 is 3.59. The second kappa shape index (κ2) is 7.20. The first kappa shape index (κ1) is 16.2. The van der Waals surface area contributed by atoms with Crippen LogP contribution in [0.5, 0.6) is 0 Å². The number of rotatable bonds is 6. The Labute approximate surface area is 135 Å². The van der Waals surface area contributed by atoms with Crippen molar-refractivity contribution in [3.05, 3.63) is 52.3 Å². The molecule has 2 unspecified atom stereocenters. The molecule has 1 aromatic carbocycles. The highest BCUT2D eigenvalue weighted by molar-refractivity contribution is 9.10. The summed E-state index contributed by atoms with van der Waals surface area (Å²) in [4.78, 5) is 2.14. The Balaban J connectivity index is 2.22. The molecule has 0 spiro atoms. The highest BCUT2D eigenvalue weighted by Gasteiger charge is 2.23. The summed E-state index contributed by atoms with van der Waals surface area (Å²) in [5, 5.41) is 4.45. The molecule has 21 heavy (non-hydrogen) atoms. The molecule has 114 valence electrons. The van der Waals surface area contributed by atoms with Crippen LogP contribution in [0.25, 0.3) is 0 Å². The number of halogens is 1. The van der Waals surface area contributed by atoms with Crippen molar-refractivity contribution in [2.45, 2.75) is 25.4 Å². The minimum absolute atomic E-state index is 0.0913. The van der Waals surface area contributed by atoms with Gasteiger partial charge in [-0.3, -0.25) is 4.68 Å². The smallest absolute Gasteiger partial charge is 0.0700 e. The molecule has 0 saturated carbocycles. The molecule has 2 rings (SSSR count). The van der Waals surface area contributed by atoms with E-state index in [-0.39, 0.29) is 12.0 Å². The summed E-state index contributed by atoms with van der Waals surface area (Å²) in [5.74, 6) is 0.234. The molecule has 2 aromatic rings. The van der Waals surface area contributed by atoms with Gasteiger partial charge in [-0.05, 0) is 35.6 Å². The van der Waals surface area contributed by atoms with Crippen LogP contribution in [0.1, 0.15) is 30.1 Å². The second-order valence-corrected chi connectivity index (χ2v) is 6.48. The van der Waals surface area contributed by atoms with Gasteiger partial charge in [-0.25, -0.2) is 0 Å². The van der Waals surface area contributed by atoms with Crippen LogP contribution in [0, 0.1) is 0 Å². The fourth-order valence-electron chi connectivity index (χ4n) is 2.38. The van der Waals surface area contributed by atoms with E-state index in [0.29, 0.717) is 0 Å². The van der Waals surface area contributed by atoms with Crippen LogP contribution in [0.2, 0.25) is 0 Å². The van der Waals surface area contributed by atoms with Crippen LogP contribution in [-0.4, -0.2) is 35.3 Å². The number of benzene rings is 1. The average Bonchev–Trinajstić information content (AvgIpc) is 2.85. The molecule has 5 heteroatoms. The fourth-order valence-corrected chi connectivity index (χ4v) is 2.94. The quantitative estimate of drug-likeness (QED) is 0.870. The fraction of sp³-hybridized carbons (Fsp3) is 0.438. The third-order valence-electron chi connectivity index (χ3n) is 3.77. The molecule has 0 radical (unpaired) electrons. The van der Waals surface area contributed by atoms with Gasteiger partial charge < -0.3 is 10.6 Å². The summed E-state index contributed by atoms with van der Waals surface area (Å²) in [5.41, 5.74) is 8.83. The summed E-state index contributed by atoms with van der Waals surface area (Å²) in [7, 11) is 4.12. The summed E-state index contributed by atoms with van der Waals surface area (Å²) in [6, 6.07) is 10.3. The van der Waals surface area contributed by atoms with E-state index >= 15 is 0 Å². The van der Waals surface area contributed by atoms with E-state index in [0.717, 1.165) is 23.3 Å². The van der Waals surface area contributed by atoms with Crippen molar-refractivity contribution in [1.82, 2.24) is 14.7 Å². The van der Waals surface area contributed by atoms with E-state index in [1.807, 2.05) is 16.9 Å². The largest absolute Gasteiger partial charge is 0.322 e. The number of nitrogens with zero attached hydrogens (tertiary/aromatic N) is 3. The number of nitrogens with two attached hydrogens (primary N) is 1. The normalized spacial score (nSPS) is 14.4. The predicted octanol–water partition coefficient (Wildman–Crippen LogP) is 3.01. The lowest BCUT2D eigenvalue weighted by Crippen LogP contribution is -2.25. The number of hydrogen-bond acceptors (Lipinski definition) is 3. The lowest BCUT2D eigenvalue weighted by Gasteiger charge is -2.22. The predicted molar refractivity (Wildman–Crippen MR) is 90.3 cm³/mol. The van der Waals surface area contributed by atoms with Crippen LogP contribution in [0.4, 0.5) is 0 Å². The standard InChI is InChI=1S/C16H23BrN4/c1-12(13-7-5-4-6-8-13)15(18)16-14(17)11-19-21(16)10-9-20(2)3/h4-8,11-12,15H,9-10,18H2,1-3H3. The van der Waals surface area contributed by atoms with Gasteiger partial charge in [0.05, 0.1) is 29.0 Å². The Morgan fingerprint density at radius 2 is 1.95 bits per heavy atom. The molecule has 1 heterocycles. The Hall–Kier alpha value is -1.17. The van der Waals surface area contributed by atoms with Gasteiger partial charge in [-0.1, -0.05) is 37.3 Å². The van der Waals surface area contributed by atoms with E-state index < -0.39 is 0 Å². The Morgan fingerprint density at radius 1 is 1.29 bits per heavy atom. The number of hydrogen-bond donors (Lipinski definition) is 1. The van der Waals surface area contributed by atoms with Crippen LogP contribution in [0.3, 0.4) is 0 Å². The molecule has 2 atom stereocenters. The molecule has 0 amide bonds. The minimum Gasteiger partial charge on any atom is -0.322 e. The van der Waals surface area contributed by atoms with Crippen LogP contribution >= 0.6 is 15.9 Å². The number of aromatic nitrogens is 2. The molecule has 0 fully saturated rings. The maximum absolute atomic E-state index is 6.52. The molecule has 0 bridgehead atoms. The lowest BCUT2D eigenvalue weighted by molar-refractivity contribution is 0.364. The highest BCUT2D eigenvalue weighted by atomic mass is 79.9. The average molecular weight is 351 g/mol. The van der Waals surface area contributed by atoms with Crippen molar-refractivity contribution in [2.75, 3.05) is 20.6 Å². The topological polar surface area (TPSA) is 47.1 Å². The van der Waals surface area contributed by atoms with Crippen molar-refractivity contribution in [1.29, 1.82) is 0 Å². The molecule has 0 aliphatic rings. The molecule has 0 aliphatic heterocycles.